The maximum absolute atomic E-state index is 13.8. The maximum atomic E-state index is 13.8. The van der Waals surface area contributed by atoms with Gasteiger partial charge in [-0.15, -0.1) is 0 Å². The molecule has 1 saturated heterocycles. The number of fused-ring (bicyclic) bond motifs is 1. The van der Waals surface area contributed by atoms with Crippen LogP contribution in [-0.2, 0) is 11.2 Å². The first-order chi connectivity index (χ1) is 22.1. The minimum absolute atomic E-state index is 0.0260. The van der Waals surface area contributed by atoms with Crippen molar-refractivity contribution in [2.24, 2.45) is 5.92 Å². The molecule has 46 heavy (non-hydrogen) atoms. The highest BCUT2D eigenvalue weighted by molar-refractivity contribution is 5.98. The van der Waals surface area contributed by atoms with E-state index in [4.69, 9.17) is 10.2 Å². The summed E-state index contributed by atoms with van der Waals surface area (Å²) in [4.78, 5) is 31.6. The Morgan fingerprint density at radius 2 is 1.63 bits per heavy atom. The number of carbonyl (C=O) groups is 2. The molecular formula is C37H32F3N3O3. The van der Waals surface area contributed by atoms with Crippen LogP contribution in [0.5, 0.6) is 0 Å². The SMILES string of the molecule is Nc1ccc(C2CC2C(=O)CCc2cc3cc(-c4ccc(C(=O)N5CCC(F)(F)CC5)cc4)cc(-c4ccc(F)cc4)c3o2)cn1. The van der Waals surface area contributed by atoms with E-state index in [1.165, 1.54) is 17.0 Å². The van der Waals surface area contributed by atoms with Crippen LogP contribution in [0.4, 0.5) is 19.0 Å². The lowest BCUT2D eigenvalue weighted by molar-refractivity contribution is -0.120. The molecule has 0 radical (unpaired) electrons. The summed E-state index contributed by atoms with van der Waals surface area (Å²) in [7, 11) is 0. The molecule has 9 heteroatoms. The summed E-state index contributed by atoms with van der Waals surface area (Å²) in [6, 6.07) is 22.9. The van der Waals surface area contributed by atoms with Crippen LogP contribution in [0.1, 0.15) is 53.3 Å². The number of hydrogen-bond donors (Lipinski definition) is 1. The number of pyridine rings is 1. The van der Waals surface area contributed by atoms with Gasteiger partial charge in [0.15, 0.2) is 0 Å². The van der Waals surface area contributed by atoms with Crippen molar-refractivity contribution in [2.45, 2.75) is 43.9 Å². The fourth-order valence-corrected chi connectivity index (χ4v) is 6.35. The molecule has 2 unspecified atom stereocenters. The summed E-state index contributed by atoms with van der Waals surface area (Å²) in [5.41, 5.74) is 11.1. The van der Waals surface area contributed by atoms with Crippen molar-refractivity contribution in [3.8, 4) is 22.3 Å². The van der Waals surface area contributed by atoms with Crippen LogP contribution in [0, 0.1) is 11.7 Å². The van der Waals surface area contributed by atoms with Crippen molar-refractivity contribution in [3.05, 3.63) is 108 Å². The predicted octanol–water partition coefficient (Wildman–Crippen LogP) is 8.06. The second kappa shape index (κ2) is 11.8. The van der Waals surface area contributed by atoms with E-state index < -0.39 is 5.92 Å². The van der Waals surface area contributed by atoms with Crippen molar-refractivity contribution in [1.29, 1.82) is 0 Å². The molecule has 1 amide bonds. The van der Waals surface area contributed by atoms with Gasteiger partial charge < -0.3 is 15.1 Å². The van der Waals surface area contributed by atoms with Crippen LogP contribution in [0.2, 0.25) is 0 Å². The number of likely N-dealkylation sites (tertiary alicyclic amines) is 1. The normalized spacial score (nSPS) is 18.9. The van der Waals surface area contributed by atoms with E-state index in [2.05, 4.69) is 4.98 Å². The molecule has 3 heterocycles. The zero-order valence-electron chi connectivity index (χ0n) is 25.0. The molecule has 1 aliphatic heterocycles. The average Bonchev–Trinajstić information content (AvgIpc) is 3.75. The van der Waals surface area contributed by atoms with Gasteiger partial charge in [0.05, 0.1) is 0 Å². The summed E-state index contributed by atoms with van der Waals surface area (Å²) < 4.78 is 47.3. The summed E-state index contributed by atoms with van der Waals surface area (Å²) >= 11 is 0. The number of aromatic nitrogens is 1. The van der Waals surface area contributed by atoms with Crippen molar-refractivity contribution >= 4 is 28.5 Å². The van der Waals surface area contributed by atoms with E-state index in [1.54, 1.807) is 36.5 Å². The highest BCUT2D eigenvalue weighted by Crippen LogP contribution is 2.48. The minimum Gasteiger partial charge on any atom is -0.460 e. The maximum Gasteiger partial charge on any atom is 0.253 e. The summed E-state index contributed by atoms with van der Waals surface area (Å²) in [6.07, 6.45) is 2.70. The Balaban J connectivity index is 1.12. The largest absolute Gasteiger partial charge is 0.460 e. The highest BCUT2D eigenvalue weighted by Gasteiger charge is 2.43. The molecule has 2 fully saturated rings. The third kappa shape index (κ3) is 6.14. The lowest BCUT2D eigenvalue weighted by Gasteiger charge is -2.31. The zero-order valence-corrected chi connectivity index (χ0v) is 25.0. The number of nitrogens with zero attached hydrogens (tertiary/aromatic N) is 2. The lowest BCUT2D eigenvalue weighted by atomic mass is 9.96. The van der Waals surface area contributed by atoms with Gasteiger partial charge in [-0.1, -0.05) is 30.3 Å². The topological polar surface area (TPSA) is 89.4 Å². The fraction of sp³-hybridized carbons (Fsp3) is 0.270. The van der Waals surface area contributed by atoms with Gasteiger partial charge in [0.2, 0.25) is 0 Å². The molecule has 7 rings (SSSR count). The third-order valence-corrected chi connectivity index (χ3v) is 9.13. The van der Waals surface area contributed by atoms with Crippen LogP contribution in [0.15, 0.2) is 89.5 Å². The summed E-state index contributed by atoms with van der Waals surface area (Å²) in [5.74, 6) is -1.85. The van der Waals surface area contributed by atoms with Gasteiger partial charge in [-0.2, -0.15) is 0 Å². The number of ketones is 1. The number of amides is 1. The molecule has 0 bridgehead atoms. The van der Waals surface area contributed by atoms with Crippen molar-refractivity contribution < 1.29 is 27.2 Å². The number of piperidine rings is 1. The van der Waals surface area contributed by atoms with E-state index in [9.17, 15) is 22.8 Å². The number of aryl methyl sites for hydroxylation is 1. The Morgan fingerprint density at radius 1 is 0.913 bits per heavy atom. The predicted molar refractivity (Wildman–Crippen MR) is 170 cm³/mol. The number of Topliss-reactive ketones (excluding diaryl/α,β-unsaturated/α-hetero) is 1. The molecule has 6 nitrogen and oxygen atoms in total. The second-order valence-corrected chi connectivity index (χ2v) is 12.3. The van der Waals surface area contributed by atoms with E-state index >= 15 is 0 Å². The Morgan fingerprint density at radius 3 is 2.33 bits per heavy atom. The van der Waals surface area contributed by atoms with Crippen molar-refractivity contribution in [2.75, 3.05) is 18.8 Å². The van der Waals surface area contributed by atoms with E-state index in [1.807, 2.05) is 36.4 Å². The molecule has 2 aromatic heterocycles. The highest BCUT2D eigenvalue weighted by atomic mass is 19.3. The lowest BCUT2D eigenvalue weighted by Crippen LogP contribution is -2.42. The van der Waals surface area contributed by atoms with Gasteiger partial charge in [-0.25, -0.2) is 18.2 Å². The molecule has 2 aliphatic rings. The number of halogens is 3. The van der Waals surface area contributed by atoms with E-state index in [0.29, 0.717) is 35.6 Å². The Bertz CT molecular complexity index is 1910. The van der Waals surface area contributed by atoms with Gasteiger partial charge in [-0.05, 0) is 83.1 Å². The molecular weight excluding hydrogens is 591 g/mol. The molecule has 3 aromatic carbocycles. The first kappa shape index (κ1) is 29.8. The van der Waals surface area contributed by atoms with Crippen molar-refractivity contribution in [1.82, 2.24) is 9.88 Å². The smallest absolute Gasteiger partial charge is 0.253 e. The Kier molecular flexibility index (Phi) is 7.63. The summed E-state index contributed by atoms with van der Waals surface area (Å²) in [6.45, 7) is 0.0575. The van der Waals surface area contributed by atoms with Gasteiger partial charge in [-0.3, -0.25) is 9.59 Å². The molecule has 5 aromatic rings. The molecule has 0 spiro atoms. The van der Waals surface area contributed by atoms with E-state index in [-0.39, 0.29) is 55.3 Å². The van der Waals surface area contributed by atoms with Crippen LogP contribution in [-0.4, -0.2) is 40.6 Å². The van der Waals surface area contributed by atoms with Crippen LogP contribution in [0.25, 0.3) is 33.2 Å². The first-order valence-electron chi connectivity index (χ1n) is 15.5. The Hall–Kier alpha value is -4.92. The van der Waals surface area contributed by atoms with Gasteiger partial charge in [0, 0.05) is 67.4 Å². The zero-order chi connectivity index (χ0) is 32.0. The number of nitrogen functional groups attached to an aromatic ring is 1. The number of carbonyl (C=O) groups excluding carboxylic acids is 2. The number of benzene rings is 3. The first-order valence-corrected chi connectivity index (χ1v) is 15.5. The average molecular weight is 624 g/mol. The number of anilines is 1. The molecule has 2 N–H and O–H groups in total. The standard InChI is InChI=1S/C37H32F3N3O3/c38-28-8-5-23(6-9-28)31-19-26(22-1-3-24(4-2-22)36(45)43-15-13-37(39,40)14-16-43)17-27-18-29(46-35(27)31)10-11-33(44)32-20-30(32)25-7-12-34(41)42-21-25/h1-9,12,17-19,21,30,32H,10-11,13-16,20H2,(H2,41,42). The number of alkyl halides is 2. The minimum atomic E-state index is -2.72. The van der Waals surface area contributed by atoms with Gasteiger partial charge in [0.25, 0.3) is 11.8 Å². The van der Waals surface area contributed by atoms with Crippen molar-refractivity contribution in [3.63, 3.8) is 0 Å². The Labute approximate surface area is 264 Å². The quantitative estimate of drug-likeness (QED) is 0.189. The molecule has 1 aliphatic carbocycles. The number of nitrogens with two attached hydrogens (primary N) is 1. The van der Waals surface area contributed by atoms with E-state index in [0.717, 1.165) is 39.6 Å². The molecule has 234 valence electrons. The van der Waals surface area contributed by atoms with Crippen LogP contribution in [0.3, 0.4) is 0 Å². The molecule has 2 atom stereocenters. The monoisotopic (exact) mass is 623 g/mol. The molecule has 1 saturated carbocycles. The fourth-order valence-electron chi connectivity index (χ4n) is 6.35. The summed E-state index contributed by atoms with van der Waals surface area (Å²) in [5, 5.41) is 0.839. The second-order valence-electron chi connectivity index (χ2n) is 12.3. The van der Waals surface area contributed by atoms with Gasteiger partial charge >= 0.3 is 0 Å². The third-order valence-electron chi connectivity index (χ3n) is 9.13. The van der Waals surface area contributed by atoms with Gasteiger partial charge in [0.1, 0.15) is 28.8 Å². The van der Waals surface area contributed by atoms with Crippen LogP contribution < -0.4 is 5.73 Å². The van der Waals surface area contributed by atoms with Crippen LogP contribution >= 0.6 is 0 Å². The number of hydrogen-bond acceptors (Lipinski definition) is 5. The number of rotatable bonds is 8. The number of furan rings is 1.